The van der Waals surface area contributed by atoms with Gasteiger partial charge in [0.1, 0.15) is 11.6 Å². The van der Waals surface area contributed by atoms with Gasteiger partial charge in [0, 0.05) is 39.1 Å². The lowest BCUT2D eigenvalue weighted by Gasteiger charge is -2.17. The van der Waals surface area contributed by atoms with Crippen molar-refractivity contribution < 1.29 is 14.3 Å². The summed E-state index contributed by atoms with van der Waals surface area (Å²) in [6.45, 7) is 2.23. The van der Waals surface area contributed by atoms with Crippen LogP contribution in [-0.4, -0.2) is 32.1 Å². The molecule has 7 nitrogen and oxygen atoms in total. The minimum Gasteiger partial charge on any atom is -0.399 e. The van der Waals surface area contributed by atoms with Gasteiger partial charge in [-0.05, 0) is 24.6 Å². The van der Waals surface area contributed by atoms with Gasteiger partial charge in [0.25, 0.3) is 5.91 Å². The third-order valence-electron chi connectivity index (χ3n) is 2.92. The van der Waals surface area contributed by atoms with E-state index >= 15 is 0 Å². The third kappa shape index (κ3) is 5.80. The Balaban J connectivity index is 2.93. The van der Waals surface area contributed by atoms with E-state index in [0.29, 0.717) is 30.9 Å². The number of nitrogens with zero attached hydrogens (tertiary/aromatic N) is 2. The van der Waals surface area contributed by atoms with Crippen molar-refractivity contribution in [2.75, 3.05) is 30.9 Å². The number of nitrogens with one attached hydrogen (secondary N) is 1. The van der Waals surface area contributed by atoms with Crippen LogP contribution in [0.25, 0.3) is 0 Å². The molecule has 3 N–H and O–H groups in total. The molecule has 2 amide bonds. The molecule has 0 fully saturated rings. The lowest BCUT2D eigenvalue weighted by Crippen LogP contribution is -2.29. The van der Waals surface area contributed by atoms with Gasteiger partial charge in [-0.3, -0.25) is 14.5 Å². The molecule has 0 aliphatic rings. The van der Waals surface area contributed by atoms with E-state index in [2.05, 4.69) is 5.32 Å². The third-order valence-corrected chi connectivity index (χ3v) is 2.92. The minimum absolute atomic E-state index is 0.167. The topological polar surface area (TPSA) is 108 Å². The summed E-state index contributed by atoms with van der Waals surface area (Å²) < 4.78 is 4.88. The van der Waals surface area contributed by atoms with Crippen LogP contribution in [0, 0.1) is 11.3 Å². The quantitative estimate of drug-likeness (QED) is 0.340. The molecule has 23 heavy (non-hydrogen) atoms. The average molecular weight is 316 g/mol. The van der Waals surface area contributed by atoms with Gasteiger partial charge in [-0.15, -0.1) is 0 Å². The highest BCUT2D eigenvalue weighted by Gasteiger charge is 2.15. The zero-order valence-corrected chi connectivity index (χ0v) is 13.2. The van der Waals surface area contributed by atoms with Crippen LogP contribution in [0.3, 0.4) is 0 Å². The summed E-state index contributed by atoms with van der Waals surface area (Å²) in [4.78, 5) is 25.0. The van der Waals surface area contributed by atoms with Crippen LogP contribution >= 0.6 is 0 Å². The fraction of sp³-hybridized carbons (Fsp3) is 0.312. The van der Waals surface area contributed by atoms with E-state index < -0.39 is 5.91 Å². The zero-order chi connectivity index (χ0) is 17.2. The second-order valence-corrected chi connectivity index (χ2v) is 4.74. The number of amides is 2. The molecule has 1 rings (SSSR count). The van der Waals surface area contributed by atoms with Crippen LogP contribution in [0.4, 0.5) is 11.4 Å². The number of nitrogens with two attached hydrogens (primary N) is 1. The first kappa shape index (κ1) is 18.2. The number of hydrogen-bond donors (Lipinski definition) is 2. The van der Waals surface area contributed by atoms with Gasteiger partial charge in [-0.1, -0.05) is 6.07 Å². The Labute approximate surface area is 135 Å². The van der Waals surface area contributed by atoms with Crippen molar-refractivity contribution in [2.45, 2.75) is 13.3 Å². The summed E-state index contributed by atoms with van der Waals surface area (Å²) >= 11 is 0. The van der Waals surface area contributed by atoms with Gasteiger partial charge < -0.3 is 15.8 Å². The number of ether oxygens (including phenoxy) is 1. The summed E-state index contributed by atoms with van der Waals surface area (Å²) in [5.74, 6) is -0.880. The van der Waals surface area contributed by atoms with Gasteiger partial charge in [0.2, 0.25) is 5.91 Å². The Kier molecular flexibility index (Phi) is 7.30. The number of carbonyl (C=O) groups excluding carboxylic acids is 2. The van der Waals surface area contributed by atoms with Crippen molar-refractivity contribution in [3.8, 4) is 6.07 Å². The Morgan fingerprint density at radius 2 is 2.22 bits per heavy atom. The molecule has 0 aromatic heterocycles. The molecule has 1 aromatic rings. The number of benzene rings is 1. The van der Waals surface area contributed by atoms with Gasteiger partial charge in [0.15, 0.2) is 0 Å². The van der Waals surface area contributed by atoms with Crippen LogP contribution in [-0.2, 0) is 14.3 Å². The van der Waals surface area contributed by atoms with Gasteiger partial charge in [-0.25, -0.2) is 0 Å². The van der Waals surface area contributed by atoms with Crippen molar-refractivity contribution in [1.29, 1.82) is 5.26 Å². The number of methoxy groups -OCH3 is 1. The highest BCUT2D eigenvalue weighted by atomic mass is 16.5. The first-order chi connectivity index (χ1) is 11.0. The minimum atomic E-state index is -0.543. The van der Waals surface area contributed by atoms with E-state index in [1.54, 1.807) is 37.4 Å². The molecule has 0 aliphatic carbocycles. The predicted molar refractivity (Wildman–Crippen MR) is 87.2 cm³/mol. The van der Waals surface area contributed by atoms with E-state index in [-0.39, 0.29) is 11.5 Å². The normalized spacial score (nSPS) is 10.7. The first-order valence-electron chi connectivity index (χ1n) is 7.04. The SMILES string of the molecule is COCCCNC(=O)/C(C#N)=C\N(C(C)=O)c1cccc(N)c1. The van der Waals surface area contributed by atoms with E-state index in [4.69, 9.17) is 15.7 Å². The predicted octanol–water partition coefficient (Wildman–Crippen LogP) is 1.18. The van der Waals surface area contributed by atoms with Crippen molar-refractivity contribution in [2.24, 2.45) is 0 Å². The zero-order valence-electron chi connectivity index (χ0n) is 13.2. The van der Waals surface area contributed by atoms with Gasteiger partial charge >= 0.3 is 0 Å². The molecule has 0 heterocycles. The highest BCUT2D eigenvalue weighted by Crippen LogP contribution is 2.19. The molecule has 122 valence electrons. The van der Waals surface area contributed by atoms with Crippen LogP contribution in [0.5, 0.6) is 0 Å². The Hall–Kier alpha value is -2.85. The molecule has 0 saturated heterocycles. The van der Waals surface area contributed by atoms with Gasteiger partial charge in [0.05, 0.1) is 5.69 Å². The monoisotopic (exact) mass is 316 g/mol. The molecule has 0 atom stereocenters. The number of nitrogen functional groups attached to an aromatic ring is 1. The van der Waals surface area contributed by atoms with Crippen LogP contribution in [0.15, 0.2) is 36.0 Å². The van der Waals surface area contributed by atoms with E-state index in [1.165, 1.54) is 18.0 Å². The van der Waals surface area contributed by atoms with Crippen LogP contribution < -0.4 is 16.0 Å². The number of carbonyl (C=O) groups is 2. The van der Waals surface area contributed by atoms with Crippen LogP contribution in [0.1, 0.15) is 13.3 Å². The fourth-order valence-electron chi connectivity index (χ4n) is 1.80. The fourth-order valence-corrected chi connectivity index (χ4v) is 1.80. The summed E-state index contributed by atoms with van der Waals surface area (Å²) in [6.07, 6.45) is 1.84. The first-order valence-corrected chi connectivity index (χ1v) is 7.04. The maximum Gasteiger partial charge on any atom is 0.263 e. The Morgan fingerprint density at radius 1 is 1.48 bits per heavy atom. The van der Waals surface area contributed by atoms with Crippen molar-refractivity contribution >= 4 is 23.2 Å². The molecule has 0 bridgehead atoms. The smallest absolute Gasteiger partial charge is 0.263 e. The number of anilines is 2. The lowest BCUT2D eigenvalue weighted by molar-refractivity contribution is -0.117. The molecular weight excluding hydrogens is 296 g/mol. The molecule has 0 aliphatic heterocycles. The largest absolute Gasteiger partial charge is 0.399 e. The maximum atomic E-state index is 12.0. The average Bonchev–Trinajstić information content (AvgIpc) is 2.52. The second kappa shape index (κ2) is 9.23. The summed E-state index contributed by atoms with van der Waals surface area (Å²) in [7, 11) is 1.57. The van der Waals surface area contributed by atoms with E-state index in [9.17, 15) is 9.59 Å². The number of hydrogen-bond acceptors (Lipinski definition) is 5. The van der Waals surface area contributed by atoms with Crippen LogP contribution in [0.2, 0.25) is 0 Å². The van der Waals surface area contributed by atoms with Crippen molar-refractivity contribution in [3.63, 3.8) is 0 Å². The molecule has 0 radical (unpaired) electrons. The standard InChI is InChI=1S/C16H20N4O3/c1-12(21)20(15-6-3-5-14(18)9-15)11-13(10-17)16(22)19-7-4-8-23-2/h3,5-6,9,11H,4,7-8,18H2,1-2H3,(H,19,22)/b13-11-. The van der Waals surface area contributed by atoms with Crippen molar-refractivity contribution in [3.05, 3.63) is 36.0 Å². The second-order valence-electron chi connectivity index (χ2n) is 4.74. The molecular formula is C16H20N4O3. The summed E-state index contributed by atoms with van der Waals surface area (Å²) in [5, 5.41) is 11.8. The molecule has 7 heteroatoms. The summed E-state index contributed by atoms with van der Waals surface area (Å²) in [6, 6.07) is 8.42. The Bertz CT molecular complexity index is 634. The van der Waals surface area contributed by atoms with Crippen molar-refractivity contribution in [1.82, 2.24) is 5.32 Å². The highest BCUT2D eigenvalue weighted by molar-refractivity contribution is 6.01. The number of rotatable bonds is 7. The summed E-state index contributed by atoms with van der Waals surface area (Å²) in [5.41, 5.74) is 6.49. The molecule has 0 unspecified atom stereocenters. The molecule has 1 aromatic carbocycles. The van der Waals surface area contributed by atoms with E-state index in [0.717, 1.165) is 0 Å². The Morgan fingerprint density at radius 3 is 2.78 bits per heavy atom. The van der Waals surface area contributed by atoms with Gasteiger partial charge in [-0.2, -0.15) is 5.26 Å². The maximum absolute atomic E-state index is 12.0. The molecule has 0 spiro atoms. The lowest BCUT2D eigenvalue weighted by atomic mass is 10.2. The molecule has 0 saturated carbocycles. The van der Waals surface area contributed by atoms with E-state index in [1.807, 2.05) is 0 Å². The number of nitriles is 1.